The Morgan fingerprint density at radius 1 is 1.09 bits per heavy atom. The highest BCUT2D eigenvalue weighted by molar-refractivity contribution is 8.19. The van der Waals surface area contributed by atoms with Gasteiger partial charge in [-0.1, -0.05) is 18.2 Å². The van der Waals surface area contributed by atoms with Crippen molar-refractivity contribution in [2.45, 2.75) is 6.18 Å². The molecule has 11 heteroatoms. The third-order valence-corrected chi connectivity index (χ3v) is 5.91. The predicted octanol–water partition coefficient (Wildman–Crippen LogP) is 5.66. The fourth-order valence-electron chi connectivity index (χ4n) is 2.85. The molecule has 3 aromatic rings. The Labute approximate surface area is 187 Å². The molecule has 0 bridgehead atoms. The number of hydrogen-bond donors (Lipinski definition) is 1. The highest BCUT2D eigenvalue weighted by Gasteiger charge is 2.38. The molecule has 2 aromatic carbocycles. The van der Waals surface area contributed by atoms with E-state index in [2.05, 4.69) is 10.3 Å². The Bertz CT molecular complexity index is 1220. The van der Waals surface area contributed by atoms with Crippen LogP contribution < -0.4 is 10.2 Å². The van der Waals surface area contributed by atoms with Gasteiger partial charge in [0.05, 0.1) is 16.2 Å². The summed E-state index contributed by atoms with van der Waals surface area (Å²) in [6.07, 6.45) is -1.59. The van der Waals surface area contributed by atoms with Crippen molar-refractivity contribution in [2.24, 2.45) is 0 Å². The number of anilines is 2. The number of nitrogens with zero attached hydrogens (tertiary/aromatic N) is 2. The number of hydrogen-bond acceptors (Lipinski definition) is 6. The number of thiazole rings is 1. The van der Waals surface area contributed by atoms with Gasteiger partial charge in [-0.2, -0.15) is 13.2 Å². The maximum atomic E-state index is 13.0. The Hall–Kier alpha value is -3.44. The first-order valence-corrected chi connectivity index (χ1v) is 10.7. The van der Waals surface area contributed by atoms with Crippen LogP contribution in [0, 0.1) is 0 Å². The number of halogens is 3. The van der Waals surface area contributed by atoms with E-state index in [-0.39, 0.29) is 16.5 Å². The van der Waals surface area contributed by atoms with Gasteiger partial charge in [-0.15, -0.1) is 11.3 Å². The minimum Gasteiger partial charge on any atom is -0.298 e. The average Bonchev–Trinajstić information content (AvgIpc) is 3.35. The van der Waals surface area contributed by atoms with Crippen molar-refractivity contribution in [3.63, 3.8) is 0 Å². The minimum absolute atomic E-state index is 0.0624. The number of imide groups is 1. The van der Waals surface area contributed by atoms with Crippen molar-refractivity contribution >= 4 is 57.0 Å². The standard InChI is InChI=1S/C21H12F3N3O3S2/c22-21(23,24)14-2-1-3-15(11-14)27-18(29)16(32-20(27)30)10-12-4-6-13(7-5-12)17(28)26-19-25-8-9-31-19/h1-11H,(H,25,26,28). The van der Waals surface area contributed by atoms with E-state index in [1.165, 1.54) is 23.5 Å². The maximum absolute atomic E-state index is 13.0. The van der Waals surface area contributed by atoms with Gasteiger partial charge in [-0.05, 0) is 53.7 Å². The molecule has 0 unspecified atom stereocenters. The summed E-state index contributed by atoms with van der Waals surface area (Å²) in [5.41, 5.74) is -0.190. The first kappa shape index (κ1) is 21.8. The molecule has 6 nitrogen and oxygen atoms in total. The molecule has 1 saturated heterocycles. The van der Waals surface area contributed by atoms with E-state index in [4.69, 9.17) is 0 Å². The van der Waals surface area contributed by atoms with Crippen LogP contribution in [0.15, 0.2) is 65.0 Å². The number of aromatic nitrogens is 1. The summed E-state index contributed by atoms with van der Waals surface area (Å²) in [5.74, 6) is -1.07. The molecule has 1 aliphatic rings. The number of amides is 3. The van der Waals surface area contributed by atoms with Crippen LogP contribution in [0.3, 0.4) is 0 Å². The normalized spacial score (nSPS) is 15.5. The van der Waals surface area contributed by atoms with Crippen LogP contribution in [0.1, 0.15) is 21.5 Å². The lowest BCUT2D eigenvalue weighted by atomic mass is 10.1. The van der Waals surface area contributed by atoms with Crippen LogP contribution in [-0.2, 0) is 11.0 Å². The fraction of sp³-hybridized carbons (Fsp3) is 0.0476. The van der Waals surface area contributed by atoms with Crippen LogP contribution in [-0.4, -0.2) is 22.0 Å². The van der Waals surface area contributed by atoms with Crippen LogP contribution in [0.2, 0.25) is 0 Å². The molecule has 32 heavy (non-hydrogen) atoms. The van der Waals surface area contributed by atoms with Crippen molar-refractivity contribution in [1.29, 1.82) is 0 Å². The molecule has 1 aromatic heterocycles. The van der Waals surface area contributed by atoms with E-state index in [9.17, 15) is 27.6 Å². The number of carbonyl (C=O) groups excluding carboxylic acids is 3. The van der Waals surface area contributed by atoms with Crippen molar-refractivity contribution in [1.82, 2.24) is 4.98 Å². The molecule has 1 fully saturated rings. The zero-order valence-electron chi connectivity index (χ0n) is 15.9. The lowest BCUT2D eigenvalue weighted by Crippen LogP contribution is -2.28. The summed E-state index contributed by atoms with van der Waals surface area (Å²) in [6.45, 7) is 0. The van der Waals surface area contributed by atoms with Gasteiger partial charge in [0, 0.05) is 17.1 Å². The molecule has 162 valence electrons. The zero-order chi connectivity index (χ0) is 22.9. The van der Waals surface area contributed by atoms with Crippen molar-refractivity contribution in [2.75, 3.05) is 10.2 Å². The fourth-order valence-corrected chi connectivity index (χ4v) is 4.21. The van der Waals surface area contributed by atoms with E-state index < -0.39 is 22.9 Å². The van der Waals surface area contributed by atoms with E-state index >= 15 is 0 Å². The monoisotopic (exact) mass is 475 g/mol. The number of thioether (sulfide) groups is 1. The Morgan fingerprint density at radius 3 is 2.50 bits per heavy atom. The average molecular weight is 475 g/mol. The number of carbonyl (C=O) groups is 3. The molecule has 0 saturated carbocycles. The summed E-state index contributed by atoms with van der Waals surface area (Å²) in [7, 11) is 0. The molecule has 0 atom stereocenters. The van der Waals surface area contributed by atoms with Gasteiger partial charge in [0.25, 0.3) is 17.1 Å². The quantitative estimate of drug-likeness (QED) is 0.493. The van der Waals surface area contributed by atoms with E-state index in [0.717, 1.165) is 18.2 Å². The largest absolute Gasteiger partial charge is 0.416 e. The number of benzene rings is 2. The highest BCUT2D eigenvalue weighted by Crippen LogP contribution is 2.38. The van der Waals surface area contributed by atoms with Crippen LogP contribution in [0.5, 0.6) is 0 Å². The molecule has 1 N–H and O–H groups in total. The second-order valence-corrected chi connectivity index (χ2v) is 8.37. The first-order valence-electron chi connectivity index (χ1n) is 8.98. The molecule has 0 aliphatic carbocycles. The van der Waals surface area contributed by atoms with Gasteiger partial charge in [0.2, 0.25) is 0 Å². The molecule has 2 heterocycles. The highest BCUT2D eigenvalue weighted by atomic mass is 32.2. The van der Waals surface area contributed by atoms with E-state index in [1.54, 1.807) is 35.8 Å². The van der Waals surface area contributed by atoms with Crippen molar-refractivity contribution in [3.8, 4) is 0 Å². The topological polar surface area (TPSA) is 79.4 Å². The number of nitrogens with one attached hydrogen (secondary N) is 1. The third kappa shape index (κ3) is 4.58. The van der Waals surface area contributed by atoms with Crippen molar-refractivity contribution in [3.05, 3.63) is 81.7 Å². The molecule has 4 rings (SSSR count). The summed E-state index contributed by atoms with van der Waals surface area (Å²) in [5, 5.41) is 4.14. The molecule has 1 aliphatic heterocycles. The zero-order valence-corrected chi connectivity index (χ0v) is 17.6. The lowest BCUT2D eigenvalue weighted by molar-refractivity contribution is -0.137. The smallest absolute Gasteiger partial charge is 0.298 e. The Kier molecular flexibility index (Phi) is 5.85. The van der Waals surface area contributed by atoms with Crippen LogP contribution in [0.4, 0.5) is 28.8 Å². The molecular formula is C21H12F3N3O3S2. The molecule has 0 spiro atoms. The minimum atomic E-state index is -4.60. The van der Waals surface area contributed by atoms with Gasteiger partial charge in [-0.3, -0.25) is 19.7 Å². The van der Waals surface area contributed by atoms with Gasteiger partial charge in [-0.25, -0.2) is 9.88 Å². The molecular weight excluding hydrogens is 463 g/mol. The van der Waals surface area contributed by atoms with Crippen LogP contribution >= 0.6 is 23.1 Å². The van der Waals surface area contributed by atoms with E-state index in [1.807, 2.05) is 0 Å². The predicted molar refractivity (Wildman–Crippen MR) is 116 cm³/mol. The van der Waals surface area contributed by atoms with Crippen molar-refractivity contribution < 1.29 is 27.6 Å². The number of rotatable bonds is 4. The summed E-state index contributed by atoms with van der Waals surface area (Å²) in [4.78, 5) is 42.0. The second-order valence-electron chi connectivity index (χ2n) is 6.48. The van der Waals surface area contributed by atoms with Gasteiger partial charge in [0.15, 0.2) is 5.13 Å². The molecule has 3 amide bonds. The maximum Gasteiger partial charge on any atom is 0.416 e. The third-order valence-electron chi connectivity index (χ3n) is 4.35. The van der Waals surface area contributed by atoms with Crippen LogP contribution in [0.25, 0.3) is 6.08 Å². The summed E-state index contributed by atoms with van der Waals surface area (Å²) < 4.78 is 38.9. The SMILES string of the molecule is O=C(Nc1nccs1)c1ccc(C=C2SC(=O)N(c3cccc(C(F)(F)F)c3)C2=O)cc1. The Balaban J connectivity index is 1.52. The number of alkyl halides is 3. The lowest BCUT2D eigenvalue weighted by Gasteiger charge is -2.14. The summed E-state index contributed by atoms with van der Waals surface area (Å²) in [6, 6.07) is 10.3. The first-order chi connectivity index (χ1) is 15.2. The summed E-state index contributed by atoms with van der Waals surface area (Å²) >= 11 is 1.91. The van der Waals surface area contributed by atoms with Gasteiger partial charge in [0.1, 0.15) is 0 Å². The second kappa shape index (κ2) is 8.60. The van der Waals surface area contributed by atoms with Gasteiger partial charge < -0.3 is 0 Å². The molecule has 0 radical (unpaired) electrons. The Morgan fingerprint density at radius 2 is 1.84 bits per heavy atom. The van der Waals surface area contributed by atoms with E-state index in [0.29, 0.717) is 32.9 Å². The van der Waals surface area contributed by atoms with Gasteiger partial charge >= 0.3 is 6.18 Å².